The number of anilines is 1. The van der Waals surface area contributed by atoms with Crippen LogP contribution in [0.2, 0.25) is 0 Å². The molecule has 0 atom stereocenters. The molecule has 5 heteroatoms. The van der Waals surface area contributed by atoms with Gasteiger partial charge in [-0.1, -0.05) is 6.92 Å². The van der Waals surface area contributed by atoms with Gasteiger partial charge >= 0.3 is 0 Å². The Labute approximate surface area is 117 Å². The monoisotopic (exact) mass is 279 g/mol. The topological polar surface area (TPSA) is 43.8 Å². The highest BCUT2D eigenvalue weighted by Gasteiger charge is 2.18. The Balaban J connectivity index is 2.56. The van der Waals surface area contributed by atoms with E-state index in [2.05, 4.69) is 11.9 Å². The van der Waals surface area contributed by atoms with Gasteiger partial charge in [0.05, 0.1) is 0 Å². The van der Waals surface area contributed by atoms with Crippen molar-refractivity contribution in [3.63, 3.8) is 0 Å². The number of halogens is 2. The summed E-state index contributed by atoms with van der Waals surface area (Å²) in [6.07, 6.45) is 1.74. The molecule has 0 saturated carbocycles. The van der Waals surface area contributed by atoms with Crippen LogP contribution in [0.5, 0.6) is 0 Å². The number of benzene rings is 1. The molecule has 0 aliphatic heterocycles. The molecule has 0 spiro atoms. The third kappa shape index (κ3) is 2.53. The van der Waals surface area contributed by atoms with Crippen LogP contribution in [-0.4, -0.2) is 9.55 Å². The molecule has 1 heterocycles. The van der Waals surface area contributed by atoms with Gasteiger partial charge in [0.25, 0.3) is 0 Å². The molecule has 2 aromatic rings. The summed E-state index contributed by atoms with van der Waals surface area (Å²) >= 11 is 0. The van der Waals surface area contributed by atoms with Crippen LogP contribution < -0.4 is 5.73 Å². The third-order valence-electron chi connectivity index (χ3n) is 3.20. The van der Waals surface area contributed by atoms with Gasteiger partial charge in [-0.3, -0.25) is 0 Å². The van der Waals surface area contributed by atoms with Gasteiger partial charge < -0.3 is 10.3 Å². The van der Waals surface area contributed by atoms with Gasteiger partial charge in [-0.2, -0.15) is 0 Å². The Morgan fingerprint density at radius 3 is 2.50 bits per heavy atom. The summed E-state index contributed by atoms with van der Waals surface area (Å²) in [4.78, 5) is 4.51. The second kappa shape index (κ2) is 5.61. The predicted octanol–water partition coefficient (Wildman–Crippen LogP) is 3.94. The number of aromatic nitrogens is 2. The quantitative estimate of drug-likeness (QED) is 0.921. The molecule has 0 bridgehead atoms. The van der Waals surface area contributed by atoms with Gasteiger partial charge in [0.1, 0.15) is 17.3 Å². The van der Waals surface area contributed by atoms with Crippen LogP contribution in [0, 0.1) is 11.6 Å². The second-order valence-corrected chi connectivity index (χ2v) is 5.10. The van der Waals surface area contributed by atoms with E-state index < -0.39 is 11.6 Å². The Morgan fingerprint density at radius 2 is 1.95 bits per heavy atom. The van der Waals surface area contributed by atoms with Crippen molar-refractivity contribution in [1.82, 2.24) is 9.55 Å². The molecule has 0 saturated heterocycles. The number of rotatable bonds is 4. The van der Waals surface area contributed by atoms with Crippen LogP contribution in [0.15, 0.2) is 18.2 Å². The van der Waals surface area contributed by atoms with E-state index >= 15 is 0 Å². The standard InChI is InChI=1S/C15H19F2N3/c1-4-5-13-19-14(15(18)20(13)9(2)3)10-6-7-11(16)12(17)8-10/h6-9H,4-5,18H2,1-3H3. The van der Waals surface area contributed by atoms with Crippen molar-refractivity contribution in [2.24, 2.45) is 0 Å². The van der Waals surface area contributed by atoms with Crippen molar-refractivity contribution in [3.05, 3.63) is 35.7 Å². The van der Waals surface area contributed by atoms with E-state index in [0.717, 1.165) is 30.8 Å². The van der Waals surface area contributed by atoms with E-state index in [4.69, 9.17) is 5.73 Å². The lowest BCUT2D eigenvalue weighted by Gasteiger charge is -2.13. The normalized spacial score (nSPS) is 11.3. The van der Waals surface area contributed by atoms with Gasteiger partial charge in [0.15, 0.2) is 11.6 Å². The van der Waals surface area contributed by atoms with E-state index in [9.17, 15) is 8.78 Å². The van der Waals surface area contributed by atoms with Gasteiger partial charge in [0.2, 0.25) is 0 Å². The molecule has 1 aromatic carbocycles. The molecule has 0 unspecified atom stereocenters. The van der Waals surface area contributed by atoms with Gasteiger partial charge in [0, 0.05) is 18.0 Å². The number of imidazole rings is 1. The van der Waals surface area contributed by atoms with Crippen LogP contribution in [0.1, 0.15) is 39.1 Å². The molecule has 108 valence electrons. The molecule has 1 aromatic heterocycles. The first-order valence-electron chi connectivity index (χ1n) is 6.77. The molecule has 20 heavy (non-hydrogen) atoms. The molecule has 0 amide bonds. The fourth-order valence-corrected chi connectivity index (χ4v) is 2.33. The van der Waals surface area contributed by atoms with Crippen molar-refractivity contribution < 1.29 is 8.78 Å². The largest absolute Gasteiger partial charge is 0.383 e. The number of nitrogens with zero attached hydrogens (tertiary/aromatic N) is 2. The predicted molar refractivity (Wildman–Crippen MR) is 76.4 cm³/mol. The summed E-state index contributed by atoms with van der Waals surface area (Å²) in [5, 5.41) is 0. The maximum absolute atomic E-state index is 13.4. The molecule has 2 rings (SSSR count). The molecule has 0 aliphatic rings. The minimum atomic E-state index is -0.891. The van der Waals surface area contributed by atoms with Crippen LogP contribution >= 0.6 is 0 Å². The highest BCUT2D eigenvalue weighted by Crippen LogP contribution is 2.30. The average molecular weight is 279 g/mol. The molecule has 3 nitrogen and oxygen atoms in total. The van der Waals surface area contributed by atoms with Gasteiger partial charge in [-0.15, -0.1) is 0 Å². The number of aryl methyl sites for hydroxylation is 1. The molecule has 2 N–H and O–H groups in total. The lowest BCUT2D eigenvalue weighted by atomic mass is 10.1. The van der Waals surface area contributed by atoms with Crippen LogP contribution in [-0.2, 0) is 6.42 Å². The van der Waals surface area contributed by atoms with Crippen LogP contribution in [0.25, 0.3) is 11.3 Å². The van der Waals surface area contributed by atoms with Crippen molar-refractivity contribution in [1.29, 1.82) is 0 Å². The number of hydrogen-bond acceptors (Lipinski definition) is 2. The second-order valence-electron chi connectivity index (χ2n) is 5.10. The minimum absolute atomic E-state index is 0.170. The fraction of sp³-hybridized carbons (Fsp3) is 0.400. The lowest BCUT2D eigenvalue weighted by molar-refractivity contribution is 0.509. The summed E-state index contributed by atoms with van der Waals surface area (Å²) < 4.78 is 28.3. The summed E-state index contributed by atoms with van der Waals surface area (Å²) in [6.45, 7) is 6.10. The molecular formula is C15H19F2N3. The zero-order valence-electron chi connectivity index (χ0n) is 12.0. The van der Waals surface area contributed by atoms with Crippen molar-refractivity contribution in [3.8, 4) is 11.3 Å². The van der Waals surface area contributed by atoms with Crippen molar-refractivity contribution in [2.45, 2.75) is 39.7 Å². The highest BCUT2D eigenvalue weighted by atomic mass is 19.2. The maximum atomic E-state index is 13.4. The Bertz CT molecular complexity index is 618. The van der Waals surface area contributed by atoms with E-state index in [0.29, 0.717) is 17.1 Å². The summed E-state index contributed by atoms with van der Waals surface area (Å²) in [7, 11) is 0. The van der Waals surface area contributed by atoms with Crippen molar-refractivity contribution in [2.75, 3.05) is 5.73 Å². The first kappa shape index (κ1) is 14.5. The highest BCUT2D eigenvalue weighted by molar-refractivity contribution is 5.71. The third-order valence-corrected chi connectivity index (χ3v) is 3.20. The lowest BCUT2D eigenvalue weighted by Crippen LogP contribution is -2.09. The van der Waals surface area contributed by atoms with E-state index in [1.54, 1.807) is 0 Å². The molecule has 0 fully saturated rings. The number of hydrogen-bond donors (Lipinski definition) is 1. The smallest absolute Gasteiger partial charge is 0.159 e. The van der Waals surface area contributed by atoms with Gasteiger partial charge in [-0.05, 0) is 38.5 Å². The van der Waals surface area contributed by atoms with Gasteiger partial charge in [-0.25, -0.2) is 13.8 Å². The van der Waals surface area contributed by atoms with Crippen LogP contribution in [0.4, 0.5) is 14.6 Å². The fourth-order valence-electron chi connectivity index (χ4n) is 2.33. The van der Waals surface area contributed by atoms with E-state index in [-0.39, 0.29) is 6.04 Å². The minimum Gasteiger partial charge on any atom is -0.383 e. The first-order chi connectivity index (χ1) is 9.45. The zero-order chi connectivity index (χ0) is 14.9. The first-order valence-corrected chi connectivity index (χ1v) is 6.77. The Morgan fingerprint density at radius 1 is 1.25 bits per heavy atom. The van der Waals surface area contributed by atoms with E-state index in [1.807, 2.05) is 18.4 Å². The zero-order valence-corrected chi connectivity index (χ0v) is 12.0. The molecule has 0 radical (unpaired) electrons. The number of nitrogen functional groups attached to an aromatic ring is 1. The summed E-state index contributed by atoms with van der Waals surface area (Å²) in [5.41, 5.74) is 7.15. The maximum Gasteiger partial charge on any atom is 0.159 e. The summed E-state index contributed by atoms with van der Waals surface area (Å²) in [5.74, 6) is -0.392. The summed E-state index contributed by atoms with van der Waals surface area (Å²) in [6, 6.07) is 3.90. The van der Waals surface area contributed by atoms with E-state index in [1.165, 1.54) is 6.07 Å². The molecule has 0 aliphatic carbocycles. The molecular weight excluding hydrogens is 260 g/mol. The Kier molecular flexibility index (Phi) is 4.06. The average Bonchev–Trinajstić information content (AvgIpc) is 2.70. The Hall–Kier alpha value is -1.91. The van der Waals surface area contributed by atoms with Crippen LogP contribution in [0.3, 0.4) is 0 Å². The number of nitrogens with two attached hydrogens (primary N) is 1. The SMILES string of the molecule is CCCc1nc(-c2ccc(F)c(F)c2)c(N)n1C(C)C. The van der Waals surface area contributed by atoms with Crippen molar-refractivity contribution >= 4 is 5.82 Å².